The number of carbonyl (C=O) groups excluding carboxylic acids is 2. The van der Waals surface area contributed by atoms with Gasteiger partial charge < -0.3 is 10.2 Å². The Labute approximate surface area is 183 Å². The van der Waals surface area contributed by atoms with Crippen molar-refractivity contribution < 1.29 is 18.0 Å². The molecule has 166 valence electrons. The Morgan fingerprint density at radius 2 is 1.74 bits per heavy atom. The first-order chi connectivity index (χ1) is 14.7. The summed E-state index contributed by atoms with van der Waals surface area (Å²) in [6.07, 6.45) is 2.16. The highest BCUT2D eigenvalue weighted by Gasteiger charge is 2.25. The standard InChI is InChI=1S/C23H29N3O4S/c1-4-5-22(27)24-18-7-10-20(11-8-18)31(29,30)25-19-9-12-21-17(14-19)6-13-23(28)26(21)15-16(2)3/h7-12,14,16,25H,4-6,13,15H2,1-3H3,(H,24,27). The lowest BCUT2D eigenvalue weighted by Crippen LogP contribution is -2.37. The Morgan fingerprint density at radius 3 is 2.39 bits per heavy atom. The topological polar surface area (TPSA) is 95.6 Å². The molecule has 2 aromatic rings. The minimum absolute atomic E-state index is 0.0978. The minimum Gasteiger partial charge on any atom is -0.326 e. The summed E-state index contributed by atoms with van der Waals surface area (Å²) in [6, 6.07) is 11.4. The Bertz CT molecular complexity index is 1060. The Balaban J connectivity index is 1.76. The molecule has 1 heterocycles. The molecule has 0 aliphatic carbocycles. The van der Waals surface area contributed by atoms with E-state index in [2.05, 4.69) is 23.9 Å². The molecule has 2 aromatic carbocycles. The zero-order chi connectivity index (χ0) is 22.6. The number of anilines is 3. The van der Waals surface area contributed by atoms with Crippen LogP contribution in [0.4, 0.5) is 17.1 Å². The fraction of sp³-hybridized carbons (Fsp3) is 0.391. The average molecular weight is 444 g/mol. The van der Waals surface area contributed by atoms with Gasteiger partial charge in [-0.25, -0.2) is 8.42 Å². The van der Waals surface area contributed by atoms with Crippen LogP contribution in [0.1, 0.15) is 45.6 Å². The third-order valence-electron chi connectivity index (χ3n) is 5.00. The van der Waals surface area contributed by atoms with E-state index in [0.29, 0.717) is 43.1 Å². The van der Waals surface area contributed by atoms with Crippen LogP contribution in [0, 0.1) is 5.92 Å². The number of carbonyl (C=O) groups is 2. The molecular formula is C23H29N3O4S. The van der Waals surface area contributed by atoms with Crippen molar-refractivity contribution in [1.29, 1.82) is 0 Å². The molecule has 0 unspecified atom stereocenters. The number of benzene rings is 2. The maximum atomic E-state index is 12.8. The van der Waals surface area contributed by atoms with Gasteiger partial charge in [-0.2, -0.15) is 0 Å². The number of hydrogen-bond donors (Lipinski definition) is 2. The molecule has 1 aliphatic rings. The smallest absolute Gasteiger partial charge is 0.261 e. The van der Waals surface area contributed by atoms with Crippen molar-refractivity contribution in [3.63, 3.8) is 0 Å². The Kier molecular flexibility index (Phi) is 7.00. The van der Waals surface area contributed by atoms with Gasteiger partial charge in [-0.15, -0.1) is 0 Å². The summed E-state index contributed by atoms with van der Waals surface area (Å²) in [5.41, 5.74) is 2.81. The first kappa shape index (κ1) is 22.8. The lowest BCUT2D eigenvalue weighted by atomic mass is 9.99. The predicted octanol–water partition coefficient (Wildman–Crippen LogP) is 4.16. The predicted molar refractivity (Wildman–Crippen MR) is 123 cm³/mol. The average Bonchev–Trinajstić information content (AvgIpc) is 2.70. The second-order valence-electron chi connectivity index (χ2n) is 8.17. The van der Waals surface area contributed by atoms with E-state index in [-0.39, 0.29) is 16.7 Å². The number of fused-ring (bicyclic) bond motifs is 1. The number of nitrogens with one attached hydrogen (secondary N) is 2. The lowest BCUT2D eigenvalue weighted by molar-refractivity contribution is -0.119. The van der Waals surface area contributed by atoms with Crippen molar-refractivity contribution in [3.8, 4) is 0 Å². The van der Waals surface area contributed by atoms with Crippen LogP contribution in [0.25, 0.3) is 0 Å². The minimum atomic E-state index is -3.78. The summed E-state index contributed by atoms with van der Waals surface area (Å²) in [6.45, 7) is 6.68. The van der Waals surface area contributed by atoms with Gasteiger partial charge in [0, 0.05) is 36.4 Å². The number of nitrogens with zero attached hydrogens (tertiary/aromatic N) is 1. The SMILES string of the molecule is CCCC(=O)Nc1ccc(S(=O)(=O)Nc2ccc3c(c2)CCC(=O)N3CC(C)C)cc1. The van der Waals surface area contributed by atoms with E-state index in [0.717, 1.165) is 17.7 Å². The van der Waals surface area contributed by atoms with Crippen LogP contribution in [0.2, 0.25) is 0 Å². The van der Waals surface area contributed by atoms with E-state index < -0.39 is 10.0 Å². The van der Waals surface area contributed by atoms with E-state index in [9.17, 15) is 18.0 Å². The fourth-order valence-electron chi connectivity index (χ4n) is 3.57. The van der Waals surface area contributed by atoms with E-state index in [1.165, 1.54) is 12.1 Å². The van der Waals surface area contributed by atoms with Gasteiger partial charge in [-0.1, -0.05) is 20.8 Å². The molecule has 2 N–H and O–H groups in total. The summed E-state index contributed by atoms with van der Waals surface area (Å²) in [4.78, 5) is 25.9. The highest BCUT2D eigenvalue weighted by Crippen LogP contribution is 2.31. The van der Waals surface area contributed by atoms with Gasteiger partial charge in [0.05, 0.1) is 4.90 Å². The van der Waals surface area contributed by atoms with Gasteiger partial charge in [0.2, 0.25) is 11.8 Å². The molecule has 8 heteroatoms. The lowest BCUT2D eigenvalue weighted by Gasteiger charge is -2.31. The van der Waals surface area contributed by atoms with Crippen LogP contribution in [-0.2, 0) is 26.0 Å². The third kappa shape index (κ3) is 5.64. The van der Waals surface area contributed by atoms with E-state index in [4.69, 9.17) is 0 Å². The highest BCUT2D eigenvalue weighted by molar-refractivity contribution is 7.92. The molecule has 1 aliphatic heterocycles. The maximum Gasteiger partial charge on any atom is 0.261 e. The molecule has 0 aromatic heterocycles. The number of amides is 2. The molecule has 0 radical (unpaired) electrons. The zero-order valence-electron chi connectivity index (χ0n) is 18.1. The van der Waals surface area contributed by atoms with Crippen LogP contribution in [0.5, 0.6) is 0 Å². The number of aryl methyl sites for hydroxylation is 1. The molecular weight excluding hydrogens is 414 g/mol. The number of sulfonamides is 1. The highest BCUT2D eigenvalue weighted by atomic mass is 32.2. The molecule has 31 heavy (non-hydrogen) atoms. The molecule has 0 saturated heterocycles. The molecule has 3 rings (SSSR count). The normalized spacial score (nSPS) is 13.8. The molecule has 0 fully saturated rings. The van der Waals surface area contributed by atoms with Crippen molar-refractivity contribution in [2.45, 2.75) is 51.3 Å². The third-order valence-corrected chi connectivity index (χ3v) is 6.40. The van der Waals surface area contributed by atoms with E-state index >= 15 is 0 Å². The largest absolute Gasteiger partial charge is 0.326 e. The summed E-state index contributed by atoms with van der Waals surface area (Å²) in [5.74, 6) is 0.332. The first-order valence-electron chi connectivity index (χ1n) is 10.6. The maximum absolute atomic E-state index is 12.8. The monoisotopic (exact) mass is 443 g/mol. The van der Waals surface area contributed by atoms with Crippen LogP contribution in [0.15, 0.2) is 47.4 Å². The summed E-state index contributed by atoms with van der Waals surface area (Å²) in [5, 5.41) is 2.74. The van der Waals surface area contributed by atoms with Gasteiger partial charge >= 0.3 is 0 Å². The summed E-state index contributed by atoms with van der Waals surface area (Å²) < 4.78 is 28.2. The molecule has 0 spiro atoms. The Morgan fingerprint density at radius 1 is 1.06 bits per heavy atom. The van der Waals surface area contributed by atoms with Crippen LogP contribution >= 0.6 is 0 Å². The number of hydrogen-bond acceptors (Lipinski definition) is 4. The summed E-state index contributed by atoms with van der Waals surface area (Å²) in [7, 11) is -3.78. The van der Waals surface area contributed by atoms with Gasteiger partial charge in [-0.3, -0.25) is 14.3 Å². The van der Waals surface area contributed by atoms with Gasteiger partial charge in [0.25, 0.3) is 10.0 Å². The second-order valence-corrected chi connectivity index (χ2v) is 9.85. The van der Waals surface area contributed by atoms with Crippen molar-refractivity contribution >= 4 is 38.9 Å². The van der Waals surface area contributed by atoms with Crippen molar-refractivity contribution in [3.05, 3.63) is 48.0 Å². The van der Waals surface area contributed by atoms with E-state index in [1.807, 2.05) is 6.92 Å². The summed E-state index contributed by atoms with van der Waals surface area (Å²) >= 11 is 0. The van der Waals surface area contributed by atoms with Crippen molar-refractivity contribution in [2.75, 3.05) is 21.5 Å². The fourth-order valence-corrected chi connectivity index (χ4v) is 4.62. The molecule has 7 nitrogen and oxygen atoms in total. The molecule has 0 bridgehead atoms. The zero-order valence-corrected chi connectivity index (χ0v) is 19.0. The Hall–Kier alpha value is -2.87. The molecule has 0 atom stereocenters. The van der Waals surface area contributed by atoms with Gasteiger partial charge in [0.1, 0.15) is 0 Å². The van der Waals surface area contributed by atoms with Crippen LogP contribution in [-0.4, -0.2) is 26.8 Å². The molecule has 0 saturated carbocycles. The van der Waals surface area contributed by atoms with E-state index in [1.54, 1.807) is 35.2 Å². The first-order valence-corrected chi connectivity index (χ1v) is 12.0. The van der Waals surface area contributed by atoms with Crippen LogP contribution < -0.4 is 14.9 Å². The van der Waals surface area contributed by atoms with Crippen molar-refractivity contribution in [1.82, 2.24) is 0 Å². The van der Waals surface area contributed by atoms with Gasteiger partial charge in [0.15, 0.2) is 0 Å². The second kappa shape index (κ2) is 9.51. The molecule has 2 amide bonds. The number of rotatable bonds is 8. The quantitative estimate of drug-likeness (QED) is 0.640. The van der Waals surface area contributed by atoms with Gasteiger partial charge in [-0.05, 0) is 66.8 Å². The van der Waals surface area contributed by atoms with Crippen molar-refractivity contribution in [2.24, 2.45) is 5.92 Å². The van der Waals surface area contributed by atoms with Crippen LogP contribution in [0.3, 0.4) is 0 Å².